The third-order valence-electron chi connectivity index (χ3n) is 3.13. The summed E-state index contributed by atoms with van der Waals surface area (Å²) in [5.41, 5.74) is 4.00. The molecule has 0 spiro atoms. The van der Waals surface area contributed by atoms with Crippen molar-refractivity contribution in [3.8, 4) is 0 Å². The lowest BCUT2D eigenvalue weighted by Gasteiger charge is -2.14. The lowest BCUT2D eigenvalue weighted by Crippen LogP contribution is -2.08. The third kappa shape index (κ3) is 6.34. The van der Waals surface area contributed by atoms with Gasteiger partial charge in [0, 0.05) is 6.61 Å². The van der Waals surface area contributed by atoms with Crippen molar-refractivity contribution in [1.82, 2.24) is 0 Å². The molecule has 0 unspecified atom stereocenters. The molecule has 0 fully saturated rings. The predicted molar refractivity (Wildman–Crippen MR) is 84.2 cm³/mol. The monoisotopic (exact) mass is 286 g/mol. The zero-order valence-corrected chi connectivity index (χ0v) is 12.2. The maximum Gasteiger partial charge on any atom is 0.106 e. The molecule has 1 aliphatic heterocycles. The highest BCUT2D eigenvalue weighted by Gasteiger charge is 2.06. The standard InChI is InChI=1S/C9H10O.C8H10O.CH2O/c1-2-4-9-7-10-6-5-8(9)3-1;9-7-6-8-4-2-1-3-5-8;1-2/h1-4H,5-7H2;1-5,9H,6-7H2;1H2. The molecule has 0 bridgehead atoms. The van der Waals surface area contributed by atoms with Crippen molar-refractivity contribution in [2.24, 2.45) is 0 Å². The van der Waals surface area contributed by atoms with E-state index in [0.717, 1.165) is 26.1 Å². The van der Waals surface area contributed by atoms with E-state index in [1.54, 1.807) is 0 Å². The number of aliphatic hydroxyl groups is 1. The first-order valence-corrected chi connectivity index (χ1v) is 6.98. The fraction of sp³-hybridized carbons (Fsp3) is 0.278. The summed E-state index contributed by atoms with van der Waals surface area (Å²) >= 11 is 0. The maximum atomic E-state index is 8.52. The summed E-state index contributed by atoms with van der Waals surface area (Å²) in [6.45, 7) is 3.93. The van der Waals surface area contributed by atoms with Crippen LogP contribution >= 0.6 is 0 Å². The molecule has 0 amide bonds. The van der Waals surface area contributed by atoms with Crippen LogP contribution in [0.15, 0.2) is 54.6 Å². The van der Waals surface area contributed by atoms with Crippen molar-refractivity contribution < 1.29 is 14.6 Å². The molecule has 0 saturated carbocycles. The van der Waals surface area contributed by atoms with Crippen LogP contribution < -0.4 is 0 Å². The molecule has 3 nitrogen and oxygen atoms in total. The number of fused-ring (bicyclic) bond motifs is 1. The topological polar surface area (TPSA) is 46.5 Å². The summed E-state index contributed by atoms with van der Waals surface area (Å²) in [5.74, 6) is 0. The Hall–Kier alpha value is -1.97. The summed E-state index contributed by atoms with van der Waals surface area (Å²) in [5, 5.41) is 8.52. The van der Waals surface area contributed by atoms with Gasteiger partial charge in [0.25, 0.3) is 0 Å². The number of carbonyl (C=O) groups excluding carboxylic acids is 1. The number of rotatable bonds is 2. The molecule has 0 saturated heterocycles. The van der Waals surface area contributed by atoms with E-state index in [0.29, 0.717) is 0 Å². The molecule has 2 aromatic carbocycles. The number of benzene rings is 2. The number of carbonyl (C=O) groups is 1. The Morgan fingerprint density at radius 2 is 1.57 bits per heavy atom. The smallest absolute Gasteiger partial charge is 0.106 e. The number of ether oxygens (including phenoxy) is 1. The van der Waals surface area contributed by atoms with Crippen LogP contribution in [0.3, 0.4) is 0 Å². The minimum Gasteiger partial charge on any atom is -0.396 e. The Kier molecular flexibility index (Phi) is 8.76. The normalized spacial score (nSPS) is 12.0. The second-order valence-electron chi connectivity index (χ2n) is 4.53. The van der Waals surface area contributed by atoms with Gasteiger partial charge in [-0.3, -0.25) is 0 Å². The first-order valence-electron chi connectivity index (χ1n) is 6.98. The Bertz CT molecular complexity index is 472. The van der Waals surface area contributed by atoms with Gasteiger partial charge in [-0.05, 0) is 29.5 Å². The quantitative estimate of drug-likeness (QED) is 0.923. The van der Waals surface area contributed by atoms with Crippen molar-refractivity contribution in [2.75, 3.05) is 13.2 Å². The fourth-order valence-corrected chi connectivity index (χ4v) is 2.08. The zero-order valence-electron chi connectivity index (χ0n) is 12.2. The van der Waals surface area contributed by atoms with Gasteiger partial charge in [-0.15, -0.1) is 0 Å². The SMILES string of the molecule is C=O.OCCc1ccccc1.c1ccc2c(c1)CCOC2. The number of aliphatic hydroxyl groups excluding tert-OH is 1. The average molecular weight is 286 g/mol. The second-order valence-corrected chi connectivity index (χ2v) is 4.53. The average Bonchev–Trinajstić information content (AvgIpc) is 2.59. The first kappa shape index (κ1) is 17.1. The van der Waals surface area contributed by atoms with E-state index in [9.17, 15) is 0 Å². The van der Waals surface area contributed by atoms with Crippen LogP contribution in [-0.4, -0.2) is 25.1 Å². The van der Waals surface area contributed by atoms with Crippen LogP contribution in [0.5, 0.6) is 0 Å². The van der Waals surface area contributed by atoms with Crippen LogP contribution in [0.4, 0.5) is 0 Å². The van der Waals surface area contributed by atoms with Crippen LogP contribution in [0.1, 0.15) is 16.7 Å². The molecule has 1 heterocycles. The number of hydrogen-bond donors (Lipinski definition) is 1. The predicted octanol–water partition coefficient (Wildman–Crippen LogP) is 2.80. The third-order valence-corrected chi connectivity index (χ3v) is 3.13. The Morgan fingerprint density at radius 3 is 2.19 bits per heavy atom. The summed E-state index contributed by atoms with van der Waals surface area (Å²) in [4.78, 5) is 8.00. The molecule has 3 heteroatoms. The van der Waals surface area contributed by atoms with Crippen LogP contribution in [0, 0.1) is 0 Å². The maximum absolute atomic E-state index is 8.52. The van der Waals surface area contributed by atoms with Gasteiger partial charge in [0.1, 0.15) is 6.79 Å². The van der Waals surface area contributed by atoms with Gasteiger partial charge in [-0.25, -0.2) is 0 Å². The van der Waals surface area contributed by atoms with E-state index in [1.807, 2.05) is 37.1 Å². The largest absolute Gasteiger partial charge is 0.396 e. The molecule has 2 aromatic rings. The van der Waals surface area contributed by atoms with Crippen molar-refractivity contribution in [1.29, 1.82) is 0 Å². The molecule has 1 N–H and O–H groups in total. The first-order chi connectivity index (χ1) is 10.4. The van der Waals surface area contributed by atoms with Crippen molar-refractivity contribution in [2.45, 2.75) is 19.4 Å². The zero-order chi connectivity index (χ0) is 15.3. The highest BCUT2D eigenvalue weighted by Crippen LogP contribution is 2.14. The summed E-state index contributed by atoms with van der Waals surface area (Å²) in [7, 11) is 0. The minimum absolute atomic E-state index is 0.240. The Balaban J connectivity index is 0.000000189. The van der Waals surface area contributed by atoms with Gasteiger partial charge in [0.2, 0.25) is 0 Å². The van der Waals surface area contributed by atoms with Crippen molar-refractivity contribution in [3.05, 3.63) is 71.3 Å². The van der Waals surface area contributed by atoms with Crippen molar-refractivity contribution >= 4 is 6.79 Å². The minimum atomic E-state index is 0.240. The molecule has 0 radical (unpaired) electrons. The summed E-state index contributed by atoms with van der Waals surface area (Å²) in [6, 6.07) is 18.4. The fourth-order valence-electron chi connectivity index (χ4n) is 2.08. The van der Waals surface area contributed by atoms with Gasteiger partial charge in [-0.2, -0.15) is 0 Å². The van der Waals surface area contributed by atoms with Gasteiger partial charge in [0.15, 0.2) is 0 Å². The van der Waals surface area contributed by atoms with E-state index in [1.165, 1.54) is 16.7 Å². The van der Waals surface area contributed by atoms with Gasteiger partial charge >= 0.3 is 0 Å². The number of hydrogen-bond acceptors (Lipinski definition) is 3. The highest BCUT2D eigenvalue weighted by atomic mass is 16.5. The van der Waals surface area contributed by atoms with E-state index in [2.05, 4.69) is 24.3 Å². The van der Waals surface area contributed by atoms with Crippen LogP contribution in [0.25, 0.3) is 0 Å². The Labute approximate surface area is 126 Å². The Morgan fingerprint density at radius 1 is 0.952 bits per heavy atom. The lowest BCUT2D eigenvalue weighted by molar-refractivity contribution is -0.0979. The van der Waals surface area contributed by atoms with E-state index < -0.39 is 0 Å². The van der Waals surface area contributed by atoms with Gasteiger partial charge in [0.05, 0.1) is 13.2 Å². The molecule has 0 atom stereocenters. The molecular formula is C18H22O3. The molecule has 0 aromatic heterocycles. The van der Waals surface area contributed by atoms with E-state index in [4.69, 9.17) is 14.6 Å². The molecule has 1 aliphatic rings. The highest BCUT2D eigenvalue weighted by molar-refractivity contribution is 5.27. The van der Waals surface area contributed by atoms with Crippen molar-refractivity contribution in [3.63, 3.8) is 0 Å². The van der Waals surface area contributed by atoms with E-state index >= 15 is 0 Å². The summed E-state index contributed by atoms with van der Waals surface area (Å²) < 4.78 is 5.30. The second kappa shape index (κ2) is 10.8. The molecule has 3 rings (SSSR count). The lowest BCUT2D eigenvalue weighted by atomic mass is 10.0. The molecule has 0 aliphatic carbocycles. The van der Waals surface area contributed by atoms with Crippen LogP contribution in [-0.2, 0) is 29.0 Å². The summed E-state index contributed by atoms with van der Waals surface area (Å²) in [6.07, 6.45) is 1.84. The molecule has 21 heavy (non-hydrogen) atoms. The van der Waals surface area contributed by atoms with E-state index in [-0.39, 0.29) is 6.61 Å². The molecule has 112 valence electrons. The van der Waals surface area contributed by atoms with Gasteiger partial charge < -0.3 is 14.6 Å². The van der Waals surface area contributed by atoms with Gasteiger partial charge in [-0.1, -0.05) is 54.6 Å². The van der Waals surface area contributed by atoms with Crippen LogP contribution in [0.2, 0.25) is 0 Å². The molecular weight excluding hydrogens is 264 g/mol.